The Bertz CT molecular complexity index is 539. The highest BCUT2D eigenvalue weighted by Gasteiger charge is 2.21. The molecule has 0 heterocycles. The van der Waals surface area contributed by atoms with Gasteiger partial charge in [0.2, 0.25) is 5.91 Å². The van der Waals surface area contributed by atoms with Crippen LogP contribution < -0.4 is 5.32 Å². The van der Waals surface area contributed by atoms with Crippen LogP contribution in [-0.4, -0.2) is 35.3 Å². The molecule has 0 bridgehead atoms. The van der Waals surface area contributed by atoms with Gasteiger partial charge < -0.3 is 10.2 Å². The maximum Gasteiger partial charge on any atom is 0.254 e. The van der Waals surface area contributed by atoms with Crippen molar-refractivity contribution in [2.24, 2.45) is 0 Å². The summed E-state index contributed by atoms with van der Waals surface area (Å²) in [4.78, 5) is 25.3. The number of carbonyl (C=O) groups is 2. The van der Waals surface area contributed by atoms with Gasteiger partial charge in [-0.2, -0.15) is 0 Å². The van der Waals surface area contributed by atoms with Crippen molar-refractivity contribution in [1.82, 2.24) is 10.2 Å². The molecule has 0 aliphatic rings. The van der Waals surface area contributed by atoms with Crippen molar-refractivity contribution in [3.63, 3.8) is 0 Å². The number of rotatable bonds is 4. The molecule has 0 aliphatic carbocycles. The highest BCUT2D eigenvalue weighted by Crippen LogP contribution is 2.11. The third-order valence-corrected chi connectivity index (χ3v) is 2.68. The molecule has 0 saturated heterocycles. The Morgan fingerprint density at radius 2 is 1.81 bits per heavy atom. The van der Waals surface area contributed by atoms with Crippen LogP contribution in [0.1, 0.15) is 38.1 Å². The van der Waals surface area contributed by atoms with Crippen LogP contribution in [0.2, 0.25) is 0 Å². The lowest BCUT2D eigenvalue weighted by atomic mass is 10.1. The molecule has 0 atom stereocenters. The molecule has 1 N–H and O–H groups in total. The zero-order valence-electron chi connectivity index (χ0n) is 12.7. The average Bonchev–Trinajstić information content (AvgIpc) is 2.36. The average molecular weight is 298 g/mol. The molecule has 4 nitrogen and oxygen atoms in total. The first-order valence-corrected chi connectivity index (χ1v) is 6.69. The van der Waals surface area contributed by atoms with Gasteiger partial charge in [0.15, 0.2) is 11.6 Å². The van der Waals surface area contributed by atoms with Crippen LogP contribution in [0.25, 0.3) is 0 Å². The van der Waals surface area contributed by atoms with Gasteiger partial charge in [0.25, 0.3) is 5.91 Å². The van der Waals surface area contributed by atoms with E-state index in [1.807, 2.05) is 20.8 Å². The van der Waals surface area contributed by atoms with Crippen molar-refractivity contribution in [1.29, 1.82) is 0 Å². The molecule has 1 rings (SSSR count). The molecule has 0 saturated carbocycles. The van der Waals surface area contributed by atoms with Crippen molar-refractivity contribution in [2.75, 3.05) is 13.1 Å². The Morgan fingerprint density at radius 1 is 1.19 bits per heavy atom. The van der Waals surface area contributed by atoms with Crippen LogP contribution in [0.15, 0.2) is 18.2 Å². The quantitative estimate of drug-likeness (QED) is 0.927. The SMILES string of the molecule is CCN(CC(=O)NC(C)(C)C)C(=O)c1ccc(F)c(F)c1. The fourth-order valence-electron chi connectivity index (χ4n) is 1.77. The first-order valence-electron chi connectivity index (χ1n) is 6.69. The largest absolute Gasteiger partial charge is 0.350 e. The van der Waals surface area contributed by atoms with Crippen LogP contribution in [-0.2, 0) is 4.79 Å². The molecule has 0 fully saturated rings. The van der Waals surface area contributed by atoms with Gasteiger partial charge >= 0.3 is 0 Å². The molecule has 2 amide bonds. The number of halogens is 2. The lowest BCUT2D eigenvalue weighted by molar-refractivity contribution is -0.123. The minimum absolute atomic E-state index is 0.0132. The van der Waals surface area contributed by atoms with Gasteiger partial charge in [-0.05, 0) is 45.9 Å². The minimum atomic E-state index is -1.09. The van der Waals surface area contributed by atoms with Crippen molar-refractivity contribution in [3.8, 4) is 0 Å². The lowest BCUT2D eigenvalue weighted by Crippen LogP contribution is -2.47. The first kappa shape index (κ1) is 17.1. The topological polar surface area (TPSA) is 49.4 Å². The number of nitrogens with zero attached hydrogens (tertiary/aromatic N) is 1. The van der Waals surface area contributed by atoms with Crippen molar-refractivity contribution in [2.45, 2.75) is 33.2 Å². The Hall–Kier alpha value is -1.98. The number of benzene rings is 1. The summed E-state index contributed by atoms with van der Waals surface area (Å²) in [5.41, 5.74) is -0.388. The summed E-state index contributed by atoms with van der Waals surface area (Å²) in [5, 5.41) is 2.74. The fraction of sp³-hybridized carbons (Fsp3) is 0.467. The van der Waals surface area contributed by atoms with E-state index in [1.54, 1.807) is 6.92 Å². The van der Waals surface area contributed by atoms with E-state index in [0.29, 0.717) is 0 Å². The molecule has 1 aromatic rings. The summed E-state index contributed by atoms with van der Waals surface area (Å²) < 4.78 is 26.0. The Kier molecular flexibility index (Phi) is 5.41. The number of likely N-dealkylation sites (N-methyl/N-ethyl adjacent to an activating group) is 1. The fourth-order valence-corrected chi connectivity index (χ4v) is 1.77. The third-order valence-electron chi connectivity index (χ3n) is 2.68. The number of nitrogens with one attached hydrogen (secondary N) is 1. The molecular formula is C15H20F2N2O2. The second kappa shape index (κ2) is 6.65. The van der Waals surface area contributed by atoms with E-state index in [4.69, 9.17) is 0 Å². The van der Waals surface area contributed by atoms with Gasteiger partial charge in [0, 0.05) is 17.6 Å². The van der Waals surface area contributed by atoms with E-state index in [9.17, 15) is 18.4 Å². The van der Waals surface area contributed by atoms with Crippen LogP contribution >= 0.6 is 0 Å². The number of hydrogen-bond acceptors (Lipinski definition) is 2. The summed E-state index contributed by atoms with van der Waals surface area (Å²) in [5.74, 6) is -2.92. The summed E-state index contributed by atoms with van der Waals surface area (Å²) in [6.45, 7) is 7.36. The molecule has 0 unspecified atom stereocenters. The van der Waals surface area contributed by atoms with Crippen LogP contribution in [0.3, 0.4) is 0 Å². The molecule has 116 valence electrons. The van der Waals surface area contributed by atoms with Gasteiger partial charge in [-0.15, -0.1) is 0 Å². The van der Waals surface area contributed by atoms with Gasteiger partial charge in [-0.3, -0.25) is 9.59 Å². The second-order valence-corrected chi connectivity index (χ2v) is 5.75. The van der Waals surface area contributed by atoms with Gasteiger partial charge in [-0.25, -0.2) is 8.78 Å². The normalized spacial score (nSPS) is 11.1. The Balaban J connectivity index is 2.82. The monoisotopic (exact) mass is 298 g/mol. The van der Waals surface area contributed by atoms with Gasteiger partial charge in [0.1, 0.15) is 0 Å². The van der Waals surface area contributed by atoms with E-state index >= 15 is 0 Å². The number of hydrogen-bond donors (Lipinski definition) is 1. The highest BCUT2D eigenvalue weighted by atomic mass is 19.2. The van der Waals surface area contributed by atoms with Crippen molar-refractivity contribution < 1.29 is 18.4 Å². The second-order valence-electron chi connectivity index (χ2n) is 5.75. The zero-order chi connectivity index (χ0) is 16.2. The highest BCUT2D eigenvalue weighted by molar-refractivity contribution is 5.96. The van der Waals surface area contributed by atoms with E-state index < -0.39 is 23.1 Å². The molecular weight excluding hydrogens is 278 g/mol. The number of amides is 2. The van der Waals surface area contributed by atoms with Crippen LogP contribution in [0.4, 0.5) is 8.78 Å². The molecule has 0 aliphatic heterocycles. The summed E-state index contributed by atoms with van der Waals surface area (Å²) in [6, 6.07) is 2.93. The zero-order valence-corrected chi connectivity index (χ0v) is 12.7. The van der Waals surface area contributed by atoms with Gasteiger partial charge in [-0.1, -0.05) is 0 Å². The smallest absolute Gasteiger partial charge is 0.254 e. The number of carbonyl (C=O) groups excluding carboxylic acids is 2. The van der Waals surface area contributed by atoms with Crippen molar-refractivity contribution in [3.05, 3.63) is 35.4 Å². The molecule has 6 heteroatoms. The predicted molar refractivity (Wildman–Crippen MR) is 75.8 cm³/mol. The lowest BCUT2D eigenvalue weighted by Gasteiger charge is -2.25. The maximum absolute atomic E-state index is 13.2. The minimum Gasteiger partial charge on any atom is -0.350 e. The van der Waals surface area contributed by atoms with E-state index in [0.717, 1.165) is 12.1 Å². The Labute approximate surface area is 123 Å². The van der Waals surface area contributed by atoms with E-state index in [1.165, 1.54) is 11.0 Å². The predicted octanol–water partition coefficient (Wildman–Crippen LogP) is 2.34. The van der Waals surface area contributed by atoms with Crippen LogP contribution in [0.5, 0.6) is 0 Å². The summed E-state index contributed by atoms with van der Waals surface area (Å²) >= 11 is 0. The molecule has 21 heavy (non-hydrogen) atoms. The molecule has 0 aromatic heterocycles. The molecule has 1 aromatic carbocycles. The third kappa shape index (κ3) is 5.13. The Morgan fingerprint density at radius 3 is 2.29 bits per heavy atom. The summed E-state index contributed by atoms with van der Waals surface area (Å²) in [6.07, 6.45) is 0. The maximum atomic E-state index is 13.2. The first-order chi connectivity index (χ1) is 9.64. The van der Waals surface area contributed by atoms with E-state index in [2.05, 4.69) is 5.32 Å². The van der Waals surface area contributed by atoms with Gasteiger partial charge in [0.05, 0.1) is 6.54 Å². The molecule has 0 radical (unpaired) electrons. The molecule has 0 spiro atoms. The summed E-state index contributed by atoms with van der Waals surface area (Å²) in [7, 11) is 0. The standard InChI is InChI=1S/C15H20F2N2O2/c1-5-19(9-13(20)18-15(2,3)4)14(21)10-6-7-11(16)12(17)8-10/h6-8H,5,9H2,1-4H3,(H,18,20). The van der Waals surface area contributed by atoms with E-state index in [-0.39, 0.29) is 24.6 Å². The van der Waals surface area contributed by atoms with Crippen LogP contribution in [0, 0.1) is 11.6 Å². The van der Waals surface area contributed by atoms with Crippen molar-refractivity contribution >= 4 is 11.8 Å².